The van der Waals surface area contributed by atoms with Crippen LogP contribution in [0.1, 0.15) is 11.3 Å². The van der Waals surface area contributed by atoms with Crippen LogP contribution in [0.5, 0.6) is 0 Å². The lowest BCUT2D eigenvalue weighted by Gasteiger charge is -1.98. The van der Waals surface area contributed by atoms with E-state index < -0.39 is 0 Å². The number of halogens is 1. The van der Waals surface area contributed by atoms with E-state index in [-0.39, 0.29) is 0 Å². The third-order valence-electron chi connectivity index (χ3n) is 2.00. The van der Waals surface area contributed by atoms with E-state index in [1.165, 1.54) is 5.56 Å². The number of hydrogen-bond acceptors (Lipinski definition) is 0. The van der Waals surface area contributed by atoms with E-state index in [0.29, 0.717) is 0 Å². The minimum Gasteiger partial charge on any atom is -0.363 e. The highest BCUT2D eigenvalue weighted by Gasteiger charge is 2.00. The highest BCUT2D eigenvalue weighted by molar-refractivity contribution is 6.31. The molecule has 0 atom stereocenters. The largest absolute Gasteiger partial charge is 0.363 e. The zero-order chi connectivity index (χ0) is 9.10. The van der Waals surface area contributed by atoms with Crippen molar-refractivity contribution in [1.82, 2.24) is 4.98 Å². The Morgan fingerprint density at radius 2 is 1.85 bits per heavy atom. The van der Waals surface area contributed by atoms with Gasteiger partial charge in [0.05, 0.1) is 5.02 Å². The Balaban J connectivity index is 2.20. The molecule has 1 nitrogen and oxygen atoms in total. The molecule has 2 heteroatoms. The predicted octanol–water partition coefficient (Wildman–Crippen LogP) is 3.26. The summed E-state index contributed by atoms with van der Waals surface area (Å²) in [5.41, 5.74) is 2.35. The molecule has 2 aromatic rings. The van der Waals surface area contributed by atoms with E-state index in [9.17, 15) is 0 Å². The molecule has 0 radical (unpaired) electrons. The van der Waals surface area contributed by atoms with Crippen LogP contribution < -0.4 is 0 Å². The normalized spacial score (nSPS) is 10.2. The standard InChI is InChI=1S/C11H10ClN/c12-10-6-7-13-11(10)8-9-4-2-1-3-5-9/h1-7,13H,8H2. The minimum absolute atomic E-state index is 0.809. The van der Waals surface area contributed by atoms with Crippen molar-refractivity contribution in [2.75, 3.05) is 0 Å². The number of hydrogen-bond donors (Lipinski definition) is 1. The van der Waals surface area contributed by atoms with Gasteiger partial charge in [-0.1, -0.05) is 41.9 Å². The van der Waals surface area contributed by atoms with E-state index in [1.807, 2.05) is 30.5 Å². The molecule has 0 unspecified atom stereocenters. The van der Waals surface area contributed by atoms with E-state index in [1.54, 1.807) is 0 Å². The van der Waals surface area contributed by atoms with Crippen molar-refractivity contribution in [3.8, 4) is 0 Å². The number of aromatic amines is 1. The first kappa shape index (κ1) is 8.39. The summed E-state index contributed by atoms with van der Waals surface area (Å²) in [4.78, 5) is 3.12. The third-order valence-corrected chi connectivity index (χ3v) is 2.35. The maximum atomic E-state index is 5.96. The molecule has 0 saturated carbocycles. The van der Waals surface area contributed by atoms with E-state index in [2.05, 4.69) is 17.1 Å². The number of rotatable bonds is 2. The van der Waals surface area contributed by atoms with Gasteiger partial charge in [-0.15, -0.1) is 0 Å². The average molecular weight is 192 g/mol. The Labute approximate surface area is 82.4 Å². The first-order valence-corrected chi connectivity index (χ1v) is 4.60. The molecule has 0 fully saturated rings. The van der Waals surface area contributed by atoms with Crippen molar-refractivity contribution in [3.63, 3.8) is 0 Å². The fourth-order valence-corrected chi connectivity index (χ4v) is 1.50. The first-order valence-electron chi connectivity index (χ1n) is 4.22. The van der Waals surface area contributed by atoms with Gasteiger partial charge < -0.3 is 4.98 Å². The average Bonchev–Trinajstić information content (AvgIpc) is 2.54. The van der Waals surface area contributed by atoms with Crippen LogP contribution in [0.2, 0.25) is 5.02 Å². The molecule has 66 valence electrons. The molecular formula is C11H10ClN. The molecule has 2 rings (SSSR count). The second-order valence-corrected chi connectivity index (χ2v) is 3.37. The molecule has 13 heavy (non-hydrogen) atoms. The Bertz CT molecular complexity index is 378. The van der Waals surface area contributed by atoms with Crippen molar-refractivity contribution in [2.24, 2.45) is 0 Å². The Kier molecular flexibility index (Phi) is 2.37. The molecule has 0 aliphatic rings. The lowest BCUT2D eigenvalue weighted by molar-refractivity contribution is 1.11. The van der Waals surface area contributed by atoms with Gasteiger partial charge in [0.25, 0.3) is 0 Å². The van der Waals surface area contributed by atoms with Gasteiger partial charge >= 0.3 is 0 Å². The fourth-order valence-electron chi connectivity index (χ4n) is 1.32. The van der Waals surface area contributed by atoms with Crippen LogP contribution in [0.15, 0.2) is 42.6 Å². The highest BCUT2D eigenvalue weighted by Crippen LogP contribution is 2.16. The molecule has 0 bridgehead atoms. The monoisotopic (exact) mass is 191 g/mol. The Hall–Kier alpha value is -1.21. The molecule has 0 aliphatic heterocycles. The number of H-pyrrole nitrogens is 1. The van der Waals surface area contributed by atoms with Crippen molar-refractivity contribution in [3.05, 3.63) is 58.9 Å². The van der Waals surface area contributed by atoms with Gasteiger partial charge in [-0.05, 0) is 11.6 Å². The van der Waals surface area contributed by atoms with Gasteiger partial charge in [0, 0.05) is 18.3 Å². The van der Waals surface area contributed by atoms with Crippen LogP contribution in [0, 0.1) is 0 Å². The maximum Gasteiger partial charge on any atom is 0.0616 e. The number of nitrogens with one attached hydrogen (secondary N) is 1. The quantitative estimate of drug-likeness (QED) is 0.750. The summed E-state index contributed by atoms with van der Waals surface area (Å²) < 4.78 is 0. The lowest BCUT2D eigenvalue weighted by Crippen LogP contribution is -1.87. The van der Waals surface area contributed by atoms with Gasteiger partial charge in [-0.2, -0.15) is 0 Å². The van der Waals surface area contributed by atoms with E-state index in [4.69, 9.17) is 11.6 Å². The van der Waals surface area contributed by atoms with E-state index >= 15 is 0 Å². The van der Waals surface area contributed by atoms with Crippen molar-refractivity contribution in [2.45, 2.75) is 6.42 Å². The van der Waals surface area contributed by atoms with Gasteiger partial charge in [0.15, 0.2) is 0 Å². The summed E-state index contributed by atoms with van der Waals surface area (Å²) in [6.07, 6.45) is 2.73. The van der Waals surface area contributed by atoms with Crippen LogP contribution in [0.3, 0.4) is 0 Å². The van der Waals surface area contributed by atoms with Gasteiger partial charge in [0.1, 0.15) is 0 Å². The molecule has 0 amide bonds. The van der Waals surface area contributed by atoms with Crippen LogP contribution in [-0.2, 0) is 6.42 Å². The molecule has 1 N–H and O–H groups in total. The molecule has 1 aromatic heterocycles. The summed E-state index contributed by atoms with van der Waals surface area (Å²) in [7, 11) is 0. The van der Waals surface area contributed by atoms with Crippen molar-refractivity contribution in [1.29, 1.82) is 0 Å². The highest BCUT2D eigenvalue weighted by atomic mass is 35.5. The third kappa shape index (κ3) is 1.93. The second-order valence-electron chi connectivity index (χ2n) is 2.97. The smallest absolute Gasteiger partial charge is 0.0616 e. The molecule has 0 saturated heterocycles. The Morgan fingerprint density at radius 1 is 1.08 bits per heavy atom. The second kappa shape index (κ2) is 3.67. The fraction of sp³-hybridized carbons (Fsp3) is 0.0909. The molecule has 0 aliphatic carbocycles. The maximum absolute atomic E-state index is 5.96. The lowest BCUT2D eigenvalue weighted by atomic mass is 10.1. The zero-order valence-electron chi connectivity index (χ0n) is 7.13. The van der Waals surface area contributed by atoms with Gasteiger partial charge in [-0.25, -0.2) is 0 Å². The topological polar surface area (TPSA) is 15.8 Å². The van der Waals surface area contributed by atoms with Crippen LogP contribution in [0.4, 0.5) is 0 Å². The number of aromatic nitrogens is 1. The summed E-state index contributed by atoms with van der Waals surface area (Å²) in [5.74, 6) is 0. The summed E-state index contributed by atoms with van der Waals surface area (Å²) in [5, 5.41) is 0.809. The van der Waals surface area contributed by atoms with Gasteiger partial charge in [-0.3, -0.25) is 0 Å². The van der Waals surface area contributed by atoms with E-state index in [0.717, 1.165) is 17.1 Å². The SMILES string of the molecule is Clc1cc[nH]c1Cc1ccccc1. The van der Waals surface area contributed by atoms with Gasteiger partial charge in [0.2, 0.25) is 0 Å². The van der Waals surface area contributed by atoms with Crippen LogP contribution in [-0.4, -0.2) is 4.98 Å². The summed E-state index contributed by atoms with van der Waals surface area (Å²) in [6.45, 7) is 0. The van der Waals surface area contributed by atoms with Crippen molar-refractivity contribution >= 4 is 11.6 Å². The van der Waals surface area contributed by atoms with Crippen molar-refractivity contribution < 1.29 is 0 Å². The zero-order valence-corrected chi connectivity index (χ0v) is 7.88. The predicted molar refractivity (Wildman–Crippen MR) is 55.1 cm³/mol. The first-order chi connectivity index (χ1) is 6.36. The molecule has 1 heterocycles. The summed E-state index contributed by atoms with van der Waals surface area (Å²) >= 11 is 5.96. The molecule has 0 spiro atoms. The number of benzene rings is 1. The minimum atomic E-state index is 0.809. The summed E-state index contributed by atoms with van der Waals surface area (Å²) in [6, 6.07) is 12.1. The molecular weight excluding hydrogens is 182 g/mol. The van der Waals surface area contributed by atoms with Crippen LogP contribution >= 0.6 is 11.6 Å². The van der Waals surface area contributed by atoms with Crippen LogP contribution in [0.25, 0.3) is 0 Å². The Morgan fingerprint density at radius 3 is 2.46 bits per heavy atom. The molecule has 1 aromatic carbocycles.